The summed E-state index contributed by atoms with van der Waals surface area (Å²) >= 11 is 0. The average molecular weight is 382 g/mol. The molecule has 0 aliphatic carbocycles. The van der Waals surface area contributed by atoms with Crippen LogP contribution in [-0.4, -0.2) is 55.9 Å². The van der Waals surface area contributed by atoms with Crippen LogP contribution in [0.1, 0.15) is 30.6 Å². The van der Waals surface area contributed by atoms with Crippen LogP contribution in [0.3, 0.4) is 0 Å². The van der Waals surface area contributed by atoms with E-state index in [1.54, 1.807) is 30.3 Å². The molecule has 1 aliphatic heterocycles. The summed E-state index contributed by atoms with van der Waals surface area (Å²) in [6, 6.07) is 6.98. The Kier molecular flexibility index (Phi) is 6.36. The Balaban J connectivity index is 1.82. The number of ether oxygens (including phenoxy) is 1. The molecule has 0 aromatic heterocycles. The highest BCUT2D eigenvalue weighted by Gasteiger charge is 2.31. The van der Waals surface area contributed by atoms with Crippen molar-refractivity contribution in [2.75, 3.05) is 11.5 Å². The Bertz CT molecular complexity index is 778. The van der Waals surface area contributed by atoms with Crippen molar-refractivity contribution in [3.63, 3.8) is 0 Å². The number of nitrogens with one attached hydrogen (secondary N) is 2. The number of benzene rings is 1. The summed E-state index contributed by atoms with van der Waals surface area (Å²) in [5.74, 6) is -1.82. The van der Waals surface area contributed by atoms with Crippen molar-refractivity contribution < 1.29 is 27.5 Å². The number of rotatable bonds is 6. The fourth-order valence-corrected chi connectivity index (χ4v) is 4.16. The lowest BCUT2D eigenvalue weighted by Crippen LogP contribution is -2.45. The topological polar surface area (TPSA) is 119 Å². The van der Waals surface area contributed by atoms with Crippen LogP contribution >= 0.6 is 0 Å². The maximum Gasteiger partial charge on any atom is 0.329 e. The molecule has 26 heavy (non-hydrogen) atoms. The second kappa shape index (κ2) is 8.31. The number of hydrogen-bond acceptors (Lipinski definition) is 6. The Hall–Kier alpha value is -2.42. The van der Waals surface area contributed by atoms with Crippen LogP contribution in [0.15, 0.2) is 30.3 Å². The predicted molar refractivity (Wildman–Crippen MR) is 94.1 cm³/mol. The molecule has 0 bridgehead atoms. The van der Waals surface area contributed by atoms with Gasteiger partial charge < -0.3 is 15.4 Å². The van der Waals surface area contributed by atoms with Gasteiger partial charge in [-0.1, -0.05) is 18.2 Å². The van der Waals surface area contributed by atoms with Gasteiger partial charge in [-0.05, 0) is 32.4 Å². The molecule has 0 radical (unpaired) electrons. The number of esters is 1. The van der Waals surface area contributed by atoms with E-state index in [1.807, 2.05) is 0 Å². The van der Waals surface area contributed by atoms with Gasteiger partial charge in [0, 0.05) is 11.6 Å². The van der Waals surface area contributed by atoms with Crippen LogP contribution in [0.2, 0.25) is 0 Å². The highest BCUT2D eigenvalue weighted by molar-refractivity contribution is 7.91. The van der Waals surface area contributed by atoms with Gasteiger partial charge in [0.1, 0.15) is 6.04 Å². The molecule has 2 amide bonds. The first-order valence-electron chi connectivity index (χ1n) is 8.25. The molecule has 2 rings (SSSR count). The summed E-state index contributed by atoms with van der Waals surface area (Å²) < 4.78 is 27.9. The smallest absolute Gasteiger partial charge is 0.329 e. The number of sulfone groups is 1. The first kappa shape index (κ1) is 19.9. The normalized spacial score (nSPS) is 20.6. The molecular weight excluding hydrogens is 360 g/mol. The van der Waals surface area contributed by atoms with Crippen molar-refractivity contribution in [1.82, 2.24) is 10.6 Å². The predicted octanol–water partition coefficient (Wildman–Crippen LogP) is 0.0399. The molecular formula is C17H22N2O6S. The fourth-order valence-electron chi connectivity index (χ4n) is 2.49. The minimum atomic E-state index is -3.11. The minimum Gasteiger partial charge on any atom is -0.451 e. The number of amides is 2. The van der Waals surface area contributed by atoms with Gasteiger partial charge in [0.25, 0.3) is 11.8 Å². The van der Waals surface area contributed by atoms with Gasteiger partial charge in [0.05, 0.1) is 11.5 Å². The number of hydrogen-bond donors (Lipinski definition) is 2. The number of carbonyl (C=O) groups excluding carboxylic acids is 3. The van der Waals surface area contributed by atoms with E-state index in [0.717, 1.165) is 0 Å². The minimum absolute atomic E-state index is 0.0364. The summed E-state index contributed by atoms with van der Waals surface area (Å²) in [4.78, 5) is 36.1. The third-order valence-electron chi connectivity index (χ3n) is 3.98. The lowest BCUT2D eigenvalue weighted by atomic mass is 10.2. The van der Waals surface area contributed by atoms with Gasteiger partial charge in [0.15, 0.2) is 15.9 Å². The molecule has 1 fully saturated rings. The maximum atomic E-state index is 12.1. The van der Waals surface area contributed by atoms with Crippen LogP contribution in [0.25, 0.3) is 0 Å². The molecule has 1 aromatic carbocycles. The summed E-state index contributed by atoms with van der Waals surface area (Å²) in [5.41, 5.74) is 0.403. The largest absolute Gasteiger partial charge is 0.451 e. The van der Waals surface area contributed by atoms with Crippen molar-refractivity contribution in [2.24, 2.45) is 0 Å². The van der Waals surface area contributed by atoms with Gasteiger partial charge in [-0.2, -0.15) is 0 Å². The molecule has 2 N–H and O–H groups in total. The standard InChI is InChI=1S/C17H22N2O6S/c1-11(18-16(21)13-6-4-3-5-7-13)17(22)25-12(2)15(20)19-14-8-9-26(23,24)10-14/h3-7,11-12,14H,8-10H2,1-2H3,(H,18,21)(H,19,20)/t11-,12-,14+/m0/s1. The molecule has 0 spiro atoms. The summed E-state index contributed by atoms with van der Waals surface area (Å²) in [7, 11) is -3.11. The van der Waals surface area contributed by atoms with Gasteiger partial charge in [-0.25, -0.2) is 13.2 Å². The molecule has 0 unspecified atom stereocenters. The second-order valence-corrected chi connectivity index (χ2v) is 8.48. The van der Waals surface area contributed by atoms with E-state index >= 15 is 0 Å². The average Bonchev–Trinajstić information content (AvgIpc) is 2.93. The second-order valence-electron chi connectivity index (χ2n) is 6.25. The molecule has 8 nitrogen and oxygen atoms in total. The Morgan fingerprint density at radius 2 is 1.81 bits per heavy atom. The summed E-state index contributed by atoms with van der Waals surface area (Å²) in [6.07, 6.45) is -0.750. The van der Waals surface area contributed by atoms with Crippen molar-refractivity contribution in [2.45, 2.75) is 38.5 Å². The zero-order valence-corrected chi connectivity index (χ0v) is 15.4. The van der Waals surface area contributed by atoms with Gasteiger partial charge >= 0.3 is 5.97 Å². The van der Waals surface area contributed by atoms with Crippen LogP contribution in [0.5, 0.6) is 0 Å². The summed E-state index contributed by atoms with van der Waals surface area (Å²) in [6.45, 7) is 2.85. The molecule has 142 valence electrons. The Labute approximate surface area is 152 Å². The Morgan fingerprint density at radius 3 is 2.38 bits per heavy atom. The molecule has 3 atom stereocenters. The zero-order valence-electron chi connectivity index (χ0n) is 14.6. The van der Waals surface area contributed by atoms with Crippen molar-refractivity contribution >= 4 is 27.6 Å². The molecule has 1 aromatic rings. The van der Waals surface area contributed by atoms with E-state index in [0.29, 0.717) is 12.0 Å². The van der Waals surface area contributed by atoms with Crippen molar-refractivity contribution in [1.29, 1.82) is 0 Å². The van der Waals surface area contributed by atoms with E-state index in [4.69, 9.17) is 4.74 Å². The van der Waals surface area contributed by atoms with Crippen LogP contribution in [-0.2, 0) is 24.2 Å². The van der Waals surface area contributed by atoms with E-state index in [-0.39, 0.29) is 11.5 Å². The highest BCUT2D eigenvalue weighted by Crippen LogP contribution is 2.11. The lowest BCUT2D eigenvalue weighted by molar-refractivity contribution is -0.156. The number of carbonyl (C=O) groups is 3. The summed E-state index contributed by atoms with van der Waals surface area (Å²) in [5, 5.41) is 5.06. The third-order valence-corrected chi connectivity index (χ3v) is 5.75. The van der Waals surface area contributed by atoms with Gasteiger partial charge in [0.2, 0.25) is 0 Å². The van der Waals surface area contributed by atoms with Crippen LogP contribution in [0, 0.1) is 0 Å². The SMILES string of the molecule is C[C@H](NC(=O)c1ccccc1)C(=O)O[C@@H](C)C(=O)N[C@@H]1CCS(=O)(=O)C1. The Morgan fingerprint density at radius 1 is 1.15 bits per heavy atom. The molecule has 0 saturated carbocycles. The van der Waals surface area contributed by atoms with E-state index in [2.05, 4.69) is 10.6 Å². The van der Waals surface area contributed by atoms with Gasteiger partial charge in [-0.3, -0.25) is 9.59 Å². The fraction of sp³-hybridized carbons (Fsp3) is 0.471. The van der Waals surface area contributed by atoms with E-state index < -0.39 is 45.8 Å². The first-order valence-corrected chi connectivity index (χ1v) is 10.1. The quantitative estimate of drug-likeness (QED) is 0.671. The van der Waals surface area contributed by atoms with Gasteiger partial charge in [-0.15, -0.1) is 0 Å². The first-order chi connectivity index (χ1) is 12.2. The van der Waals surface area contributed by atoms with Crippen LogP contribution < -0.4 is 10.6 Å². The molecule has 1 heterocycles. The van der Waals surface area contributed by atoms with Crippen LogP contribution in [0.4, 0.5) is 0 Å². The molecule has 1 saturated heterocycles. The van der Waals surface area contributed by atoms with E-state index in [1.165, 1.54) is 13.8 Å². The van der Waals surface area contributed by atoms with Crippen molar-refractivity contribution in [3.05, 3.63) is 35.9 Å². The van der Waals surface area contributed by atoms with Crippen molar-refractivity contribution in [3.8, 4) is 0 Å². The highest BCUT2D eigenvalue weighted by atomic mass is 32.2. The maximum absolute atomic E-state index is 12.1. The zero-order chi connectivity index (χ0) is 19.3. The molecule has 9 heteroatoms. The monoisotopic (exact) mass is 382 g/mol. The van der Waals surface area contributed by atoms with E-state index in [9.17, 15) is 22.8 Å². The third kappa shape index (κ3) is 5.55. The molecule has 1 aliphatic rings. The lowest BCUT2D eigenvalue weighted by Gasteiger charge is -2.19.